The Kier molecular flexibility index (Phi) is 4.30. The number of benzene rings is 1. The molecule has 1 fully saturated rings. The fraction of sp³-hybridized carbons (Fsp3) is 0.400. The first-order valence-electron chi connectivity index (χ1n) is 6.87. The summed E-state index contributed by atoms with van der Waals surface area (Å²) in [6.07, 6.45) is 0. The first-order valence-corrected chi connectivity index (χ1v) is 7.75. The predicted octanol–water partition coefficient (Wildman–Crippen LogP) is 2.22. The Balaban J connectivity index is 1.68. The molecule has 2 heterocycles. The van der Waals surface area contributed by atoms with E-state index in [1.165, 1.54) is 5.69 Å². The summed E-state index contributed by atoms with van der Waals surface area (Å²) in [5.74, 6) is 0.881. The minimum atomic E-state index is 0.881. The molecule has 0 amide bonds. The lowest BCUT2D eigenvalue weighted by molar-refractivity contribution is 0.231. The van der Waals surface area contributed by atoms with Gasteiger partial charge in [0, 0.05) is 43.7 Å². The smallest absolute Gasteiger partial charge is 0.123 e. The number of hydrogen-bond acceptors (Lipinski definition) is 5. The zero-order chi connectivity index (χ0) is 13.8. The lowest BCUT2D eigenvalue weighted by atomic mass is 10.2. The molecule has 1 aliphatic heterocycles. The largest absolute Gasteiger partial charge is 0.497 e. The fourth-order valence-corrected chi connectivity index (χ4v) is 3.16. The van der Waals surface area contributed by atoms with Crippen LogP contribution < -0.4 is 10.1 Å². The molecule has 0 unspecified atom stereocenters. The van der Waals surface area contributed by atoms with Crippen LogP contribution in [-0.2, 0) is 6.54 Å². The van der Waals surface area contributed by atoms with E-state index in [1.54, 1.807) is 18.4 Å². The van der Waals surface area contributed by atoms with Crippen molar-refractivity contribution in [1.29, 1.82) is 0 Å². The van der Waals surface area contributed by atoms with E-state index < -0.39 is 0 Å². The van der Waals surface area contributed by atoms with Crippen molar-refractivity contribution in [2.75, 3.05) is 33.3 Å². The fourth-order valence-electron chi connectivity index (χ4n) is 2.34. The molecule has 2 aromatic rings. The maximum atomic E-state index is 5.18. The van der Waals surface area contributed by atoms with Crippen molar-refractivity contribution in [3.05, 3.63) is 35.3 Å². The third kappa shape index (κ3) is 3.17. The maximum Gasteiger partial charge on any atom is 0.123 e. The van der Waals surface area contributed by atoms with Crippen LogP contribution in [0.3, 0.4) is 0 Å². The molecule has 20 heavy (non-hydrogen) atoms. The van der Waals surface area contributed by atoms with Gasteiger partial charge in [-0.15, -0.1) is 11.3 Å². The Morgan fingerprint density at radius 3 is 2.70 bits per heavy atom. The molecule has 0 spiro atoms. The van der Waals surface area contributed by atoms with Gasteiger partial charge in [-0.25, -0.2) is 4.98 Å². The molecule has 3 rings (SSSR count). The van der Waals surface area contributed by atoms with Gasteiger partial charge in [0.1, 0.15) is 10.8 Å². The van der Waals surface area contributed by atoms with E-state index in [0.29, 0.717) is 0 Å². The minimum absolute atomic E-state index is 0.881. The molecule has 106 valence electrons. The number of nitrogens with zero attached hydrogens (tertiary/aromatic N) is 2. The van der Waals surface area contributed by atoms with Gasteiger partial charge in [-0.1, -0.05) is 0 Å². The Bertz CT molecular complexity index is 547. The first kappa shape index (κ1) is 13.5. The van der Waals surface area contributed by atoms with Crippen LogP contribution in [0.5, 0.6) is 5.75 Å². The van der Waals surface area contributed by atoms with Gasteiger partial charge < -0.3 is 10.1 Å². The minimum Gasteiger partial charge on any atom is -0.497 e. The number of methoxy groups -OCH3 is 1. The molecule has 0 bridgehead atoms. The van der Waals surface area contributed by atoms with Gasteiger partial charge in [0.25, 0.3) is 0 Å². The summed E-state index contributed by atoms with van der Waals surface area (Å²) >= 11 is 1.71. The lowest BCUT2D eigenvalue weighted by Crippen LogP contribution is -2.42. The lowest BCUT2D eigenvalue weighted by Gasteiger charge is -2.26. The number of ether oxygens (including phenoxy) is 1. The molecule has 5 heteroatoms. The van der Waals surface area contributed by atoms with Crippen molar-refractivity contribution in [2.24, 2.45) is 0 Å². The summed E-state index contributed by atoms with van der Waals surface area (Å²) in [6, 6.07) is 8.08. The molecule has 1 aliphatic rings. The summed E-state index contributed by atoms with van der Waals surface area (Å²) in [5, 5.41) is 6.62. The van der Waals surface area contributed by atoms with Gasteiger partial charge in [0.15, 0.2) is 0 Å². The van der Waals surface area contributed by atoms with E-state index >= 15 is 0 Å². The third-order valence-corrected chi connectivity index (χ3v) is 4.42. The molecule has 1 N–H and O–H groups in total. The van der Waals surface area contributed by atoms with Gasteiger partial charge in [0.2, 0.25) is 0 Å². The Labute approximate surface area is 123 Å². The van der Waals surface area contributed by atoms with Crippen LogP contribution >= 0.6 is 11.3 Å². The van der Waals surface area contributed by atoms with E-state index in [1.807, 2.05) is 12.1 Å². The molecule has 0 aliphatic carbocycles. The van der Waals surface area contributed by atoms with Crippen molar-refractivity contribution >= 4 is 11.3 Å². The Morgan fingerprint density at radius 2 is 2.00 bits per heavy atom. The maximum absolute atomic E-state index is 5.18. The average Bonchev–Trinajstić information content (AvgIpc) is 2.97. The summed E-state index contributed by atoms with van der Waals surface area (Å²) in [5.41, 5.74) is 2.32. The van der Waals surface area contributed by atoms with Crippen LogP contribution in [-0.4, -0.2) is 43.2 Å². The normalized spacial score (nSPS) is 16.2. The summed E-state index contributed by atoms with van der Waals surface area (Å²) in [7, 11) is 1.68. The highest BCUT2D eigenvalue weighted by Gasteiger charge is 2.12. The number of nitrogens with one attached hydrogen (secondary N) is 1. The third-order valence-electron chi connectivity index (χ3n) is 3.48. The van der Waals surface area contributed by atoms with Crippen LogP contribution in [0.25, 0.3) is 10.6 Å². The molecule has 1 aromatic carbocycles. The number of piperazine rings is 1. The van der Waals surface area contributed by atoms with Crippen molar-refractivity contribution in [1.82, 2.24) is 15.2 Å². The standard InChI is InChI=1S/C15H19N3OS/c1-19-14-4-2-12(3-5-14)15-17-13(11-20-15)10-18-8-6-16-7-9-18/h2-5,11,16H,6-10H2,1H3. The second-order valence-corrected chi connectivity index (χ2v) is 5.76. The van der Waals surface area contributed by atoms with Crippen molar-refractivity contribution in [3.63, 3.8) is 0 Å². The molecular formula is C15H19N3OS. The molecule has 0 saturated carbocycles. The average molecular weight is 289 g/mol. The van der Waals surface area contributed by atoms with Gasteiger partial charge in [-0.05, 0) is 24.3 Å². The monoisotopic (exact) mass is 289 g/mol. The second-order valence-electron chi connectivity index (χ2n) is 4.90. The van der Waals surface area contributed by atoms with Crippen LogP contribution in [0.2, 0.25) is 0 Å². The SMILES string of the molecule is COc1ccc(-c2nc(CN3CCNCC3)cs2)cc1. The molecule has 0 atom stereocenters. The number of hydrogen-bond donors (Lipinski definition) is 1. The highest BCUT2D eigenvalue weighted by molar-refractivity contribution is 7.13. The molecule has 4 nitrogen and oxygen atoms in total. The van der Waals surface area contributed by atoms with Crippen LogP contribution in [0.15, 0.2) is 29.6 Å². The summed E-state index contributed by atoms with van der Waals surface area (Å²) < 4.78 is 5.18. The molecule has 1 aromatic heterocycles. The van der Waals surface area contributed by atoms with E-state index in [-0.39, 0.29) is 0 Å². The van der Waals surface area contributed by atoms with E-state index in [4.69, 9.17) is 9.72 Å². The number of rotatable bonds is 4. The molecular weight excluding hydrogens is 270 g/mol. The van der Waals surface area contributed by atoms with E-state index in [0.717, 1.165) is 49.0 Å². The molecule has 1 saturated heterocycles. The zero-order valence-electron chi connectivity index (χ0n) is 11.6. The first-order chi connectivity index (χ1) is 9.85. The van der Waals surface area contributed by atoms with E-state index in [2.05, 4.69) is 27.7 Å². The number of thiazole rings is 1. The quantitative estimate of drug-likeness (QED) is 0.936. The summed E-state index contributed by atoms with van der Waals surface area (Å²) in [6.45, 7) is 5.32. The zero-order valence-corrected chi connectivity index (χ0v) is 12.4. The van der Waals surface area contributed by atoms with Gasteiger partial charge in [0.05, 0.1) is 12.8 Å². The van der Waals surface area contributed by atoms with Crippen LogP contribution in [0, 0.1) is 0 Å². The van der Waals surface area contributed by atoms with Crippen LogP contribution in [0.1, 0.15) is 5.69 Å². The summed E-state index contributed by atoms with van der Waals surface area (Å²) in [4.78, 5) is 7.19. The second kappa shape index (κ2) is 6.35. The van der Waals surface area contributed by atoms with E-state index in [9.17, 15) is 0 Å². The van der Waals surface area contributed by atoms with Crippen molar-refractivity contribution in [3.8, 4) is 16.3 Å². The molecule has 0 radical (unpaired) electrons. The number of aromatic nitrogens is 1. The van der Waals surface area contributed by atoms with Crippen molar-refractivity contribution < 1.29 is 4.74 Å². The van der Waals surface area contributed by atoms with Gasteiger partial charge in [-0.3, -0.25) is 4.90 Å². The van der Waals surface area contributed by atoms with Crippen molar-refractivity contribution in [2.45, 2.75) is 6.54 Å². The predicted molar refractivity (Wildman–Crippen MR) is 82.2 cm³/mol. The van der Waals surface area contributed by atoms with Crippen LogP contribution in [0.4, 0.5) is 0 Å². The van der Waals surface area contributed by atoms with Gasteiger partial charge >= 0.3 is 0 Å². The topological polar surface area (TPSA) is 37.4 Å². The highest BCUT2D eigenvalue weighted by atomic mass is 32.1. The van der Waals surface area contributed by atoms with Gasteiger partial charge in [-0.2, -0.15) is 0 Å². The highest BCUT2D eigenvalue weighted by Crippen LogP contribution is 2.26. The Morgan fingerprint density at radius 1 is 1.25 bits per heavy atom. The Hall–Kier alpha value is -1.43.